The minimum Gasteiger partial charge on any atom is -0.356 e. The summed E-state index contributed by atoms with van der Waals surface area (Å²) in [6, 6.07) is 6.07. The van der Waals surface area contributed by atoms with E-state index in [2.05, 4.69) is 5.32 Å². The number of carbonyl (C=O) groups is 2. The summed E-state index contributed by atoms with van der Waals surface area (Å²) < 4.78 is 13.0. The summed E-state index contributed by atoms with van der Waals surface area (Å²) >= 11 is 0. The topological polar surface area (TPSA) is 49.4 Å². The second-order valence-electron chi connectivity index (χ2n) is 5.70. The van der Waals surface area contributed by atoms with Crippen LogP contribution in [0, 0.1) is 5.82 Å². The number of nitrogens with one attached hydrogen (secondary N) is 1. The van der Waals surface area contributed by atoms with Gasteiger partial charge in [0, 0.05) is 26.1 Å². The van der Waals surface area contributed by atoms with Crippen LogP contribution in [-0.2, 0) is 16.0 Å². The predicted molar refractivity (Wildman–Crippen MR) is 82.8 cm³/mol. The van der Waals surface area contributed by atoms with Crippen LogP contribution in [0.2, 0.25) is 0 Å². The van der Waals surface area contributed by atoms with Crippen molar-refractivity contribution >= 4 is 11.8 Å². The molecule has 2 amide bonds. The summed E-state index contributed by atoms with van der Waals surface area (Å²) in [7, 11) is 0. The van der Waals surface area contributed by atoms with E-state index in [0.717, 1.165) is 32.2 Å². The van der Waals surface area contributed by atoms with Gasteiger partial charge in [-0.25, -0.2) is 4.39 Å². The first kappa shape index (κ1) is 16.5. The Morgan fingerprint density at radius 3 is 2.95 bits per heavy atom. The number of hydrogen-bond donors (Lipinski definition) is 1. The van der Waals surface area contributed by atoms with Gasteiger partial charge in [0.05, 0.1) is 6.42 Å². The standard InChI is InChI=1S/C17H23FN2O2/c18-15-7-4-6-14(12-15)13-16(21)19-9-5-11-20-10-3-1-2-8-17(20)22/h4,6-7,12H,1-3,5,8-11,13H2,(H,19,21). The van der Waals surface area contributed by atoms with Gasteiger partial charge in [-0.1, -0.05) is 18.6 Å². The lowest BCUT2D eigenvalue weighted by Crippen LogP contribution is -2.34. The molecule has 1 aliphatic heterocycles. The van der Waals surface area contributed by atoms with Crippen LogP contribution in [0.5, 0.6) is 0 Å². The average Bonchev–Trinajstić information content (AvgIpc) is 2.68. The van der Waals surface area contributed by atoms with Crippen LogP contribution in [0.25, 0.3) is 0 Å². The van der Waals surface area contributed by atoms with E-state index in [1.54, 1.807) is 12.1 Å². The number of carbonyl (C=O) groups excluding carboxylic acids is 2. The van der Waals surface area contributed by atoms with E-state index < -0.39 is 0 Å². The van der Waals surface area contributed by atoms with Crippen molar-refractivity contribution in [1.82, 2.24) is 10.2 Å². The second kappa shape index (κ2) is 8.51. The minimum absolute atomic E-state index is 0.118. The van der Waals surface area contributed by atoms with Crippen LogP contribution in [-0.4, -0.2) is 36.3 Å². The Bertz CT molecular complexity index is 519. The highest BCUT2D eigenvalue weighted by Gasteiger charge is 2.15. The third-order valence-electron chi connectivity index (χ3n) is 3.85. The fraction of sp³-hybridized carbons (Fsp3) is 0.529. The Hall–Kier alpha value is -1.91. The van der Waals surface area contributed by atoms with Crippen molar-refractivity contribution in [3.63, 3.8) is 0 Å². The summed E-state index contributed by atoms with van der Waals surface area (Å²) in [5.74, 6) is -0.221. The Morgan fingerprint density at radius 2 is 2.14 bits per heavy atom. The second-order valence-corrected chi connectivity index (χ2v) is 5.70. The van der Waals surface area contributed by atoms with Gasteiger partial charge in [0.15, 0.2) is 0 Å². The van der Waals surface area contributed by atoms with E-state index >= 15 is 0 Å². The summed E-state index contributed by atoms with van der Waals surface area (Å²) in [5.41, 5.74) is 0.667. The molecule has 120 valence electrons. The highest BCUT2D eigenvalue weighted by Crippen LogP contribution is 2.11. The van der Waals surface area contributed by atoms with E-state index in [-0.39, 0.29) is 24.1 Å². The monoisotopic (exact) mass is 306 g/mol. The molecule has 4 nitrogen and oxygen atoms in total. The van der Waals surface area contributed by atoms with E-state index in [1.807, 2.05) is 4.90 Å². The van der Waals surface area contributed by atoms with Crippen molar-refractivity contribution in [3.05, 3.63) is 35.6 Å². The molecule has 1 aliphatic rings. The number of rotatable bonds is 6. The molecule has 2 rings (SSSR count). The molecule has 0 saturated carbocycles. The lowest BCUT2D eigenvalue weighted by Gasteiger charge is -2.20. The van der Waals surface area contributed by atoms with E-state index in [0.29, 0.717) is 25.1 Å². The number of likely N-dealkylation sites (tertiary alicyclic amines) is 1. The molecular formula is C17H23FN2O2. The quantitative estimate of drug-likeness (QED) is 0.820. The van der Waals surface area contributed by atoms with Gasteiger partial charge < -0.3 is 10.2 Å². The molecule has 0 bridgehead atoms. The molecule has 1 heterocycles. The highest BCUT2D eigenvalue weighted by molar-refractivity contribution is 5.78. The number of nitrogens with zero attached hydrogens (tertiary/aromatic N) is 1. The molecule has 1 aromatic rings. The van der Waals surface area contributed by atoms with Crippen molar-refractivity contribution in [2.24, 2.45) is 0 Å². The molecule has 0 spiro atoms. The van der Waals surface area contributed by atoms with Gasteiger partial charge in [-0.15, -0.1) is 0 Å². The maximum Gasteiger partial charge on any atom is 0.224 e. The zero-order chi connectivity index (χ0) is 15.8. The largest absolute Gasteiger partial charge is 0.356 e. The number of hydrogen-bond acceptors (Lipinski definition) is 2. The Balaban J connectivity index is 1.65. The van der Waals surface area contributed by atoms with Gasteiger partial charge in [-0.2, -0.15) is 0 Å². The third-order valence-corrected chi connectivity index (χ3v) is 3.85. The molecule has 0 unspecified atom stereocenters. The van der Waals surface area contributed by atoms with Crippen LogP contribution in [0.1, 0.15) is 37.7 Å². The fourth-order valence-electron chi connectivity index (χ4n) is 2.67. The molecule has 1 aromatic carbocycles. The first-order valence-corrected chi connectivity index (χ1v) is 7.94. The molecule has 0 aromatic heterocycles. The van der Waals surface area contributed by atoms with Gasteiger partial charge in [0.2, 0.25) is 11.8 Å². The van der Waals surface area contributed by atoms with Crippen molar-refractivity contribution in [1.29, 1.82) is 0 Å². The first-order valence-electron chi connectivity index (χ1n) is 7.94. The number of halogens is 1. The molecule has 0 atom stereocenters. The SMILES string of the molecule is O=C(Cc1cccc(F)c1)NCCCN1CCCCCC1=O. The number of benzene rings is 1. The molecular weight excluding hydrogens is 283 g/mol. The third kappa shape index (κ3) is 5.47. The lowest BCUT2D eigenvalue weighted by molar-refractivity contribution is -0.130. The smallest absolute Gasteiger partial charge is 0.224 e. The zero-order valence-electron chi connectivity index (χ0n) is 12.8. The summed E-state index contributed by atoms with van der Waals surface area (Å²) in [6.07, 6.45) is 4.75. The van der Waals surface area contributed by atoms with Crippen molar-refractivity contribution < 1.29 is 14.0 Å². The molecule has 0 radical (unpaired) electrons. The molecule has 22 heavy (non-hydrogen) atoms. The molecule has 0 aliphatic carbocycles. The van der Waals surface area contributed by atoms with Crippen LogP contribution in [0.4, 0.5) is 4.39 Å². The van der Waals surface area contributed by atoms with E-state index in [1.165, 1.54) is 12.1 Å². The maximum atomic E-state index is 13.0. The Morgan fingerprint density at radius 1 is 1.27 bits per heavy atom. The van der Waals surface area contributed by atoms with Gasteiger partial charge >= 0.3 is 0 Å². The Kier molecular flexibility index (Phi) is 6.37. The first-order chi connectivity index (χ1) is 10.6. The fourth-order valence-corrected chi connectivity index (χ4v) is 2.67. The molecule has 1 saturated heterocycles. The van der Waals surface area contributed by atoms with Crippen LogP contribution < -0.4 is 5.32 Å². The van der Waals surface area contributed by atoms with Crippen molar-refractivity contribution in [2.75, 3.05) is 19.6 Å². The maximum absolute atomic E-state index is 13.0. The van der Waals surface area contributed by atoms with Gasteiger partial charge in [-0.3, -0.25) is 9.59 Å². The average molecular weight is 306 g/mol. The van der Waals surface area contributed by atoms with Crippen molar-refractivity contribution in [2.45, 2.75) is 38.5 Å². The molecule has 1 N–H and O–H groups in total. The zero-order valence-corrected chi connectivity index (χ0v) is 12.8. The normalized spacial score (nSPS) is 15.5. The Labute approximate surface area is 130 Å². The van der Waals surface area contributed by atoms with Crippen LogP contribution in [0.3, 0.4) is 0 Å². The lowest BCUT2D eigenvalue weighted by atomic mass is 10.1. The summed E-state index contributed by atoms with van der Waals surface area (Å²) in [6.45, 7) is 2.06. The predicted octanol–water partition coefficient (Wildman–Crippen LogP) is 2.28. The van der Waals surface area contributed by atoms with Crippen LogP contribution >= 0.6 is 0 Å². The highest BCUT2D eigenvalue weighted by atomic mass is 19.1. The minimum atomic E-state index is -0.329. The summed E-state index contributed by atoms with van der Waals surface area (Å²) in [5, 5.41) is 2.82. The van der Waals surface area contributed by atoms with E-state index in [9.17, 15) is 14.0 Å². The number of amides is 2. The van der Waals surface area contributed by atoms with Gasteiger partial charge in [0.25, 0.3) is 0 Å². The molecule has 1 fully saturated rings. The summed E-state index contributed by atoms with van der Waals surface area (Å²) in [4.78, 5) is 25.5. The van der Waals surface area contributed by atoms with Gasteiger partial charge in [0.1, 0.15) is 5.82 Å². The van der Waals surface area contributed by atoms with Gasteiger partial charge in [-0.05, 0) is 37.0 Å². The van der Waals surface area contributed by atoms with Crippen LogP contribution in [0.15, 0.2) is 24.3 Å². The van der Waals surface area contributed by atoms with Crippen molar-refractivity contribution in [3.8, 4) is 0 Å². The van der Waals surface area contributed by atoms with E-state index in [4.69, 9.17) is 0 Å². The molecule has 5 heteroatoms.